The predicted octanol–water partition coefficient (Wildman–Crippen LogP) is 2.92. The number of carbonyl (C=O) groups is 2. The molecule has 0 aliphatic rings. The molecule has 132 valence electrons. The molecule has 2 rings (SSSR count). The number of rotatable bonds is 5. The maximum atomic E-state index is 12.1. The van der Waals surface area contributed by atoms with Crippen molar-refractivity contribution >= 4 is 29.1 Å². The summed E-state index contributed by atoms with van der Waals surface area (Å²) in [5.41, 5.74) is 2.02. The summed E-state index contributed by atoms with van der Waals surface area (Å²) in [6.45, 7) is 2.00. The zero-order valence-electron chi connectivity index (χ0n) is 14.2. The van der Waals surface area contributed by atoms with Gasteiger partial charge in [-0.25, -0.2) is 0 Å². The highest BCUT2D eigenvalue weighted by Gasteiger charge is 2.16. The van der Waals surface area contributed by atoms with Crippen molar-refractivity contribution in [1.29, 1.82) is 0 Å². The van der Waals surface area contributed by atoms with E-state index in [4.69, 9.17) is 21.1 Å². The number of benzene rings is 2. The molecule has 0 aliphatic heterocycles. The van der Waals surface area contributed by atoms with Gasteiger partial charge in [0.1, 0.15) is 0 Å². The maximum absolute atomic E-state index is 12.1. The second-order valence-electron chi connectivity index (χ2n) is 5.29. The van der Waals surface area contributed by atoms with Crippen LogP contribution in [0, 0.1) is 6.92 Å². The lowest BCUT2D eigenvalue weighted by Gasteiger charge is -2.13. The van der Waals surface area contributed by atoms with Crippen molar-refractivity contribution in [2.45, 2.75) is 13.5 Å². The fourth-order valence-electron chi connectivity index (χ4n) is 2.20. The van der Waals surface area contributed by atoms with Crippen LogP contribution in [-0.4, -0.2) is 26.0 Å². The molecule has 0 heterocycles. The Bertz CT molecular complexity index is 793. The minimum Gasteiger partial charge on any atom is -0.493 e. The number of halogens is 1. The molecular formula is C18H19ClN2O4. The molecule has 2 N–H and O–H groups in total. The van der Waals surface area contributed by atoms with E-state index in [9.17, 15) is 9.59 Å². The molecule has 7 heteroatoms. The van der Waals surface area contributed by atoms with Gasteiger partial charge in [-0.05, 0) is 36.2 Å². The van der Waals surface area contributed by atoms with Crippen LogP contribution in [0.1, 0.15) is 11.1 Å². The van der Waals surface area contributed by atoms with Crippen molar-refractivity contribution in [1.82, 2.24) is 5.32 Å². The van der Waals surface area contributed by atoms with Crippen molar-refractivity contribution < 1.29 is 19.1 Å². The summed E-state index contributed by atoms with van der Waals surface area (Å²) in [7, 11) is 3.02. The number of carbonyl (C=O) groups excluding carboxylic acids is 2. The van der Waals surface area contributed by atoms with Crippen LogP contribution in [0.3, 0.4) is 0 Å². The molecule has 0 atom stereocenters. The normalized spacial score (nSPS) is 10.1. The van der Waals surface area contributed by atoms with Crippen LogP contribution in [0.5, 0.6) is 11.5 Å². The summed E-state index contributed by atoms with van der Waals surface area (Å²) < 4.78 is 10.4. The first-order valence-corrected chi connectivity index (χ1v) is 7.88. The highest BCUT2D eigenvalue weighted by Crippen LogP contribution is 2.32. The summed E-state index contributed by atoms with van der Waals surface area (Å²) in [4.78, 5) is 24.1. The lowest BCUT2D eigenvalue weighted by Crippen LogP contribution is -2.35. The van der Waals surface area contributed by atoms with E-state index in [-0.39, 0.29) is 6.54 Å². The molecule has 2 aromatic rings. The molecule has 0 aliphatic carbocycles. The molecule has 25 heavy (non-hydrogen) atoms. The Morgan fingerprint density at radius 3 is 2.36 bits per heavy atom. The Hall–Kier alpha value is -2.73. The topological polar surface area (TPSA) is 76.7 Å². The molecule has 0 saturated carbocycles. The molecule has 0 saturated heterocycles. The molecular weight excluding hydrogens is 344 g/mol. The Morgan fingerprint density at radius 2 is 1.72 bits per heavy atom. The summed E-state index contributed by atoms with van der Waals surface area (Å²) in [6.07, 6.45) is 0. The molecule has 2 amide bonds. The zero-order valence-corrected chi connectivity index (χ0v) is 14.9. The number of hydrogen-bond donors (Lipinski definition) is 2. The van der Waals surface area contributed by atoms with E-state index < -0.39 is 11.8 Å². The smallest absolute Gasteiger partial charge is 0.313 e. The first-order valence-electron chi connectivity index (χ1n) is 7.51. The highest BCUT2D eigenvalue weighted by atomic mass is 35.5. The summed E-state index contributed by atoms with van der Waals surface area (Å²) in [5.74, 6) is -0.502. The molecule has 6 nitrogen and oxygen atoms in total. The highest BCUT2D eigenvalue weighted by molar-refractivity contribution is 6.39. The first kappa shape index (κ1) is 18.6. The fraction of sp³-hybridized carbons (Fsp3) is 0.222. The fourth-order valence-corrected chi connectivity index (χ4v) is 2.42. The van der Waals surface area contributed by atoms with Crippen LogP contribution in [-0.2, 0) is 16.1 Å². The van der Waals surface area contributed by atoms with Gasteiger partial charge in [0.25, 0.3) is 0 Å². The zero-order chi connectivity index (χ0) is 18.4. The van der Waals surface area contributed by atoms with E-state index in [2.05, 4.69) is 10.6 Å². The average Bonchev–Trinajstić information content (AvgIpc) is 2.60. The minimum absolute atomic E-state index is 0.206. The van der Waals surface area contributed by atoms with Gasteiger partial charge in [-0.15, -0.1) is 0 Å². The van der Waals surface area contributed by atoms with E-state index in [1.165, 1.54) is 14.2 Å². The van der Waals surface area contributed by atoms with Crippen molar-refractivity contribution in [3.05, 3.63) is 52.5 Å². The Balaban J connectivity index is 2.02. The summed E-state index contributed by atoms with van der Waals surface area (Å²) >= 11 is 5.89. The lowest BCUT2D eigenvalue weighted by atomic mass is 10.1. The third kappa shape index (κ3) is 4.87. The van der Waals surface area contributed by atoms with Gasteiger partial charge in [-0.2, -0.15) is 0 Å². The van der Waals surface area contributed by atoms with Gasteiger partial charge < -0.3 is 20.1 Å². The monoisotopic (exact) mass is 362 g/mol. The maximum Gasteiger partial charge on any atom is 0.313 e. The van der Waals surface area contributed by atoms with Crippen LogP contribution in [0.15, 0.2) is 36.4 Å². The number of methoxy groups -OCH3 is 2. The van der Waals surface area contributed by atoms with Crippen LogP contribution in [0.2, 0.25) is 5.02 Å². The van der Waals surface area contributed by atoms with Gasteiger partial charge in [0, 0.05) is 23.3 Å². The lowest BCUT2D eigenvalue weighted by molar-refractivity contribution is -0.136. The third-order valence-electron chi connectivity index (χ3n) is 3.53. The van der Waals surface area contributed by atoms with Gasteiger partial charge in [0.2, 0.25) is 0 Å². The second kappa shape index (κ2) is 8.39. The number of nitrogens with one attached hydrogen (secondary N) is 2. The van der Waals surface area contributed by atoms with Crippen molar-refractivity contribution in [3.63, 3.8) is 0 Å². The van der Waals surface area contributed by atoms with Gasteiger partial charge in [0.15, 0.2) is 11.5 Å². The molecule has 0 unspecified atom stereocenters. The minimum atomic E-state index is -0.766. The van der Waals surface area contributed by atoms with E-state index >= 15 is 0 Å². The number of amides is 2. The number of hydrogen-bond acceptors (Lipinski definition) is 4. The van der Waals surface area contributed by atoms with Crippen molar-refractivity contribution in [3.8, 4) is 11.5 Å². The SMILES string of the molecule is COc1cc(C)c(NC(=O)C(=O)NCc2cccc(Cl)c2)cc1OC. The quantitative estimate of drug-likeness (QED) is 0.802. The number of ether oxygens (including phenoxy) is 2. The van der Waals surface area contributed by atoms with Crippen LogP contribution < -0.4 is 20.1 Å². The van der Waals surface area contributed by atoms with Gasteiger partial charge in [-0.3, -0.25) is 9.59 Å². The van der Waals surface area contributed by atoms with Gasteiger partial charge in [0.05, 0.1) is 14.2 Å². The summed E-state index contributed by atoms with van der Waals surface area (Å²) in [6, 6.07) is 10.4. The molecule has 0 bridgehead atoms. The average molecular weight is 363 g/mol. The van der Waals surface area contributed by atoms with Crippen LogP contribution in [0.25, 0.3) is 0 Å². The first-order chi connectivity index (χ1) is 11.9. The number of aryl methyl sites for hydroxylation is 1. The standard InChI is InChI=1S/C18H19ClN2O4/c1-11-7-15(24-2)16(25-3)9-14(11)21-18(23)17(22)20-10-12-5-4-6-13(19)8-12/h4-9H,10H2,1-3H3,(H,20,22)(H,21,23). The Morgan fingerprint density at radius 1 is 1.04 bits per heavy atom. The van der Waals surface area contributed by atoms with Gasteiger partial charge >= 0.3 is 11.8 Å². The van der Waals surface area contributed by atoms with Crippen LogP contribution in [0.4, 0.5) is 5.69 Å². The number of anilines is 1. The molecule has 2 aromatic carbocycles. The summed E-state index contributed by atoms with van der Waals surface area (Å²) in [5, 5.41) is 5.69. The van der Waals surface area contributed by atoms with Crippen LogP contribution >= 0.6 is 11.6 Å². The molecule has 0 radical (unpaired) electrons. The largest absolute Gasteiger partial charge is 0.493 e. The van der Waals surface area contributed by atoms with Crippen molar-refractivity contribution in [2.24, 2.45) is 0 Å². The second-order valence-corrected chi connectivity index (χ2v) is 5.73. The van der Waals surface area contributed by atoms with Gasteiger partial charge in [-0.1, -0.05) is 23.7 Å². The third-order valence-corrected chi connectivity index (χ3v) is 3.76. The van der Waals surface area contributed by atoms with E-state index in [0.717, 1.165) is 11.1 Å². The Labute approximate surface area is 151 Å². The molecule has 0 aromatic heterocycles. The van der Waals surface area contributed by atoms with Crippen molar-refractivity contribution in [2.75, 3.05) is 19.5 Å². The van der Waals surface area contributed by atoms with E-state index in [0.29, 0.717) is 22.2 Å². The molecule has 0 fully saturated rings. The van der Waals surface area contributed by atoms with E-state index in [1.807, 2.05) is 6.07 Å². The van der Waals surface area contributed by atoms with E-state index in [1.54, 1.807) is 37.3 Å². The Kier molecular flexibility index (Phi) is 6.25. The molecule has 0 spiro atoms. The predicted molar refractivity (Wildman–Crippen MR) is 96.2 cm³/mol.